The van der Waals surface area contributed by atoms with Gasteiger partial charge in [0.05, 0.1) is 11.8 Å². The largest absolute Gasteiger partial charge is 0.376 e. The summed E-state index contributed by atoms with van der Waals surface area (Å²) in [7, 11) is 0. The topological polar surface area (TPSA) is 85.2 Å². The number of fused-ring (bicyclic) bond motifs is 1. The SMILES string of the molecule is Cc1ccc(CNC(=O)c2nc(C(=O)NCC3CCCO3)c3n2CCCC3)cc1. The van der Waals surface area contributed by atoms with Crippen LogP contribution in [-0.2, 0) is 24.2 Å². The Morgan fingerprint density at radius 2 is 1.97 bits per heavy atom. The lowest BCUT2D eigenvalue weighted by Gasteiger charge is -2.17. The van der Waals surface area contributed by atoms with E-state index in [1.165, 1.54) is 5.56 Å². The zero-order chi connectivity index (χ0) is 20.2. The zero-order valence-corrected chi connectivity index (χ0v) is 16.9. The molecule has 0 radical (unpaired) electrons. The van der Waals surface area contributed by atoms with Gasteiger partial charge in [-0.1, -0.05) is 29.8 Å². The monoisotopic (exact) mass is 396 g/mol. The third kappa shape index (κ3) is 4.50. The lowest BCUT2D eigenvalue weighted by Crippen LogP contribution is -2.32. The molecule has 4 rings (SSSR count). The lowest BCUT2D eigenvalue weighted by molar-refractivity contribution is 0.0853. The number of carbonyl (C=O) groups is 2. The number of rotatable bonds is 6. The fourth-order valence-corrected chi connectivity index (χ4v) is 3.96. The van der Waals surface area contributed by atoms with Crippen LogP contribution in [-0.4, -0.2) is 40.6 Å². The van der Waals surface area contributed by atoms with Crippen molar-refractivity contribution in [3.8, 4) is 0 Å². The van der Waals surface area contributed by atoms with Crippen LogP contribution in [0.5, 0.6) is 0 Å². The van der Waals surface area contributed by atoms with Crippen molar-refractivity contribution in [2.24, 2.45) is 0 Å². The van der Waals surface area contributed by atoms with E-state index in [9.17, 15) is 9.59 Å². The molecule has 29 heavy (non-hydrogen) atoms. The minimum atomic E-state index is -0.244. The molecular formula is C22H28N4O3. The van der Waals surface area contributed by atoms with E-state index < -0.39 is 0 Å². The van der Waals surface area contributed by atoms with Crippen LogP contribution in [0, 0.1) is 6.92 Å². The summed E-state index contributed by atoms with van der Waals surface area (Å²) in [4.78, 5) is 30.0. The minimum absolute atomic E-state index is 0.0784. The Morgan fingerprint density at radius 1 is 1.14 bits per heavy atom. The van der Waals surface area contributed by atoms with Gasteiger partial charge in [0.1, 0.15) is 5.69 Å². The van der Waals surface area contributed by atoms with Crippen molar-refractivity contribution in [1.29, 1.82) is 0 Å². The second-order valence-corrected chi connectivity index (χ2v) is 7.85. The number of hydrogen-bond donors (Lipinski definition) is 2. The Balaban J connectivity index is 1.46. The molecule has 1 unspecified atom stereocenters. The summed E-state index contributed by atoms with van der Waals surface area (Å²) in [5, 5.41) is 5.87. The third-order valence-electron chi connectivity index (χ3n) is 5.62. The van der Waals surface area contributed by atoms with E-state index in [4.69, 9.17) is 4.74 Å². The molecule has 2 N–H and O–H groups in total. The summed E-state index contributed by atoms with van der Waals surface area (Å²) in [6.45, 7) is 4.42. The van der Waals surface area contributed by atoms with Gasteiger partial charge in [-0.25, -0.2) is 4.98 Å². The van der Waals surface area contributed by atoms with Gasteiger partial charge in [-0.05, 0) is 44.6 Å². The number of aromatic nitrogens is 2. The number of imidazole rings is 1. The van der Waals surface area contributed by atoms with Gasteiger partial charge < -0.3 is 19.9 Å². The maximum Gasteiger partial charge on any atom is 0.287 e. The van der Waals surface area contributed by atoms with Gasteiger partial charge in [0.2, 0.25) is 0 Å². The van der Waals surface area contributed by atoms with Crippen LogP contribution in [0.2, 0.25) is 0 Å². The molecule has 1 fully saturated rings. The number of ether oxygens (including phenoxy) is 1. The Morgan fingerprint density at radius 3 is 2.72 bits per heavy atom. The number of aryl methyl sites for hydroxylation is 1. The van der Waals surface area contributed by atoms with Crippen molar-refractivity contribution >= 4 is 11.8 Å². The quantitative estimate of drug-likeness (QED) is 0.785. The van der Waals surface area contributed by atoms with E-state index in [1.54, 1.807) is 0 Å². The van der Waals surface area contributed by atoms with Gasteiger partial charge >= 0.3 is 0 Å². The molecule has 0 spiro atoms. The van der Waals surface area contributed by atoms with Crippen molar-refractivity contribution < 1.29 is 14.3 Å². The van der Waals surface area contributed by atoms with Crippen LogP contribution in [0.15, 0.2) is 24.3 Å². The molecule has 0 bridgehead atoms. The predicted molar refractivity (Wildman–Crippen MR) is 109 cm³/mol. The van der Waals surface area contributed by atoms with Crippen molar-refractivity contribution in [1.82, 2.24) is 20.2 Å². The molecule has 1 aromatic heterocycles. The standard InChI is InChI=1S/C22H28N4O3/c1-15-7-9-16(10-8-15)13-23-22(28)20-25-19(18-6-2-3-11-26(18)20)21(27)24-14-17-5-4-12-29-17/h7-10,17H,2-6,11-14H2,1H3,(H,23,28)(H,24,27). The van der Waals surface area contributed by atoms with Gasteiger partial charge in [-0.15, -0.1) is 0 Å². The Kier molecular flexibility index (Phi) is 5.94. The highest BCUT2D eigenvalue weighted by molar-refractivity contribution is 5.97. The molecule has 2 aromatic rings. The predicted octanol–water partition coefficient (Wildman–Crippen LogP) is 2.37. The van der Waals surface area contributed by atoms with Crippen LogP contribution in [0.25, 0.3) is 0 Å². The molecule has 7 nitrogen and oxygen atoms in total. The summed E-state index contributed by atoms with van der Waals surface area (Å²) in [6.07, 6.45) is 4.83. The molecule has 1 saturated heterocycles. The molecule has 0 aliphatic carbocycles. The summed E-state index contributed by atoms with van der Waals surface area (Å²) in [6, 6.07) is 8.05. The molecule has 1 aromatic carbocycles. The molecule has 0 saturated carbocycles. The number of benzene rings is 1. The molecule has 2 amide bonds. The molecule has 7 heteroatoms. The molecule has 3 heterocycles. The van der Waals surface area contributed by atoms with E-state index in [0.29, 0.717) is 31.2 Å². The Bertz CT molecular complexity index is 882. The Hall–Kier alpha value is -2.67. The van der Waals surface area contributed by atoms with Gasteiger partial charge in [0, 0.05) is 26.2 Å². The lowest BCUT2D eigenvalue weighted by atomic mass is 10.1. The van der Waals surface area contributed by atoms with E-state index >= 15 is 0 Å². The summed E-state index contributed by atoms with van der Waals surface area (Å²) < 4.78 is 7.48. The van der Waals surface area contributed by atoms with Crippen LogP contribution in [0.4, 0.5) is 0 Å². The second kappa shape index (κ2) is 8.78. The zero-order valence-electron chi connectivity index (χ0n) is 16.9. The number of nitrogens with zero attached hydrogens (tertiary/aromatic N) is 2. The Labute approximate surface area is 170 Å². The first-order chi connectivity index (χ1) is 14.1. The summed E-state index contributed by atoms with van der Waals surface area (Å²) >= 11 is 0. The van der Waals surface area contributed by atoms with Crippen molar-refractivity contribution in [2.75, 3.05) is 13.2 Å². The van der Waals surface area contributed by atoms with Gasteiger partial charge in [0.25, 0.3) is 11.8 Å². The normalized spacial score (nSPS) is 18.3. The molecular weight excluding hydrogens is 368 g/mol. The first-order valence-corrected chi connectivity index (χ1v) is 10.4. The number of amides is 2. The number of nitrogens with one attached hydrogen (secondary N) is 2. The first-order valence-electron chi connectivity index (χ1n) is 10.4. The van der Waals surface area contributed by atoms with E-state index in [1.807, 2.05) is 35.8 Å². The van der Waals surface area contributed by atoms with E-state index in [-0.39, 0.29) is 17.9 Å². The van der Waals surface area contributed by atoms with Crippen LogP contribution >= 0.6 is 0 Å². The first kappa shape index (κ1) is 19.6. The average molecular weight is 396 g/mol. The fourth-order valence-electron chi connectivity index (χ4n) is 3.96. The van der Waals surface area contributed by atoms with E-state index in [0.717, 1.165) is 50.0 Å². The van der Waals surface area contributed by atoms with Crippen molar-refractivity contribution in [3.05, 3.63) is 52.6 Å². The minimum Gasteiger partial charge on any atom is -0.376 e. The van der Waals surface area contributed by atoms with Crippen LogP contribution < -0.4 is 10.6 Å². The van der Waals surface area contributed by atoms with Crippen LogP contribution in [0.3, 0.4) is 0 Å². The van der Waals surface area contributed by atoms with Crippen LogP contribution in [0.1, 0.15) is 63.6 Å². The molecule has 2 aliphatic heterocycles. The molecule has 1 atom stereocenters. The molecule has 2 aliphatic rings. The summed E-state index contributed by atoms with van der Waals surface area (Å²) in [5.41, 5.74) is 3.45. The highest BCUT2D eigenvalue weighted by Gasteiger charge is 2.28. The maximum atomic E-state index is 12.8. The van der Waals surface area contributed by atoms with Gasteiger partial charge in [0.15, 0.2) is 5.82 Å². The summed E-state index contributed by atoms with van der Waals surface area (Å²) in [5.74, 6) is -0.135. The number of carbonyl (C=O) groups excluding carboxylic acids is 2. The third-order valence-corrected chi connectivity index (χ3v) is 5.62. The number of hydrogen-bond acceptors (Lipinski definition) is 4. The smallest absolute Gasteiger partial charge is 0.287 e. The van der Waals surface area contributed by atoms with Crippen molar-refractivity contribution in [3.63, 3.8) is 0 Å². The molecule has 154 valence electrons. The highest BCUT2D eigenvalue weighted by atomic mass is 16.5. The maximum absolute atomic E-state index is 12.8. The highest BCUT2D eigenvalue weighted by Crippen LogP contribution is 2.21. The second-order valence-electron chi connectivity index (χ2n) is 7.85. The average Bonchev–Trinajstić information content (AvgIpc) is 3.39. The fraction of sp³-hybridized carbons (Fsp3) is 0.500. The van der Waals surface area contributed by atoms with Gasteiger partial charge in [-0.2, -0.15) is 0 Å². The van der Waals surface area contributed by atoms with E-state index in [2.05, 4.69) is 15.6 Å². The van der Waals surface area contributed by atoms with Gasteiger partial charge in [-0.3, -0.25) is 9.59 Å². The van der Waals surface area contributed by atoms with Crippen molar-refractivity contribution in [2.45, 2.75) is 58.2 Å².